The quantitative estimate of drug-likeness (QED) is 0.392. The summed E-state index contributed by atoms with van der Waals surface area (Å²) in [4.78, 5) is 22.2. The van der Waals surface area contributed by atoms with Crippen molar-refractivity contribution in [3.05, 3.63) is 57.0 Å². The lowest BCUT2D eigenvalue weighted by atomic mass is 10.1. The molecule has 21 heavy (non-hydrogen) atoms. The first-order valence-electron chi connectivity index (χ1n) is 5.86. The monoisotopic (exact) mass is 305 g/mol. The Kier molecular flexibility index (Phi) is 4.29. The molecule has 0 aliphatic heterocycles. The van der Waals surface area contributed by atoms with E-state index in [0.717, 1.165) is 16.9 Å². The molecule has 1 aromatic carbocycles. The summed E-state index contributed by atoms with van der Waals surface area (Å²) in [7, 11) is 0. The van der Waals surface area contributed by atoms with Crippen molar-refractivity contribution in [1.82, 2.24) is 0 Å². The highest BCUT2D eigenvalue weighted by atomic mass is 32.1. The Morgan fingerprint density at radius 1 is 1.29 bits per heavy atom. The molecule has 0 saturated carbocycles. The number of amides is 1. The normalized spacial score (nSPS) is 11.2. The van der Waals surface area contributed by atoms with E-state index in [-0.39, 0.29) is 9.88 Å². The molecular formula is C13H11N3O4S. The summed E-state index contributed by atoms with van der Waals surface area (Å²) in [5.74, 6) is -0.409. The molecule has 7 nitrogen and oxygen atoms in total. The Labute approximate surface area is 123 Å². The summed E-state index contributed by atoms with van der Waals surface area (Å²) in [5.41, 5.74) is 1.73. The number of rotatable bonds is 4. The predicted octanol–water partition coefficient (Wildman–Crippen LogP) is 3.11. The van der Waals surface area contributed by atoms with Crippen molar-refractivity contribution in [1.29, 1.82) is 0 Å². The van der Waals surface area contributed by atoms with Gasteiger partial charge in [-0.3, -0.25) is 14.9 Å². The van der Waals surface area contributed by atoms with E-state index in [9.17, 15) is 14.9 Å². The van der Waals surface area contributed by atoms with Gasteiger partial charge in [-0.1, -0.05) is 28.6 Å². The third-order valence-electron chi connectivity index (χ3n) is 2.71. The van der Waals surface area contributed by atoms with Crippen LogP contribution in [0.15, 0.2) is 41.6 Å². The van der Waals surface area contributed by atoms with Crippen LogP contribution in [0.5, 0.6) is 0 Å². The van der Waals surface area contributed by atoms with Gasteiger partial charge < -0.3 is 10.5 Å². The Hall–Kier alpha value is -2.74. The van der Waals surface area contributed by atoms with Crippen LogP contribution in [-0.4, -0.2) is 21.7 Å². The van der Waals surface area contributed by atoms with Crippen LogP contribution in [0.25, 0.3) is 0 Å². The highest BCUT2D eigenvalue weighted by Gasteiger charge is 2.15. The van der Waals surface area contributed by atoms with E-state index in [2.05, 4.69) is 10.5 Å². The molecule has 2 aromatic rings. The molecule has 0 bridgehead atoms. The van der Waals surface area contributed by atoms with E-state index in [1.807, 2.05) is 0 Å². The van der Waals surface area contributed by atoms with E-state index in [4.69, 9.17) is 5.21 Å². The largest absolute Gasteiger partial charge is 0.411 e. The summed E-state index contributed by atoms with van der Waals surface area (Å²) in [5, 5.41) is 24.9. The van der Waals surface area contributed by atoms with Gasteiger partial charge in [-0.15, -0.1) is 0 Å². The molecule has 0 aliphatic carbocycles. The topological polar surface area (TPSA) is 105 Å². The van der Waals surface area contributed by atoms with E-state index < -0.39 is 10.8 Å². The van der Waals surface area contributed by atoms with E-state index >= 15 is 0 Å². The average Bonchev–Trinajstić information content (AvgIpc) is 2.97. The molecule has 0 fully saturated rings. The van der Waals surface area contributed by atoms with Gasteiger partial charge in [0.2, 0.25) is 0 Å². The minimum Gasteiger partial charge on any atom is -0.411 e. The predicted molar refractivity (Wildman–Crippen MR) is 79.4 cm³/mol. The minimum absolute atomic E-state index is 0.0784. The molecule has 0 aliphatic rings. The molecule has 108 valence electrons. The summed E-state index contributed by atoms with van der Waals surface area (Å²) in [6.07, 6.45) is 0. The summed E-state index contributed by atoms with van der Waals surface area (Å²) >= 11 is 0.817. The van der Waals surface area contributed by atoms with Gasteiger partial charge in [0.15, 0.2) is 0 Å². The van der Waals surface area contributed by atoms with Crippen molar-refractivity contribution in [2.45, 2.75) is 6.92 Å². The SMILES string of the molecule is C/C(=N/O)c1ccc(NC(=O)c2ccc([N+](=O)[O-])s2)cc1. The lowest BCUT2D eigenvalue weighted by Gasteiger charge is -2.04. The minimum atomic E-state index is -0.534. The van der Waals surface area contributed by atoms with Crippen molar-refractivity contribution in [3.8, 4) is 0 Å². The number of nitrogens with zero attached hydrogens (tertiary/aromatic N) is 2. The summed E-state index contributed by atoms with van der Waals surface area (Å²) in [6.45, 7) is 1.65. The summed E-state index contributed by atoms with van der Waals surface area (Å²) in [6, 6.07) is 9.41. The van der Waals surface area contributed by atoms with Crippen LogP contribution in [0.4, 0.5) is 10.7 Å². The zero-order chi connectivity index (χ0) is 15.4. The third-order valence-corrected chi connectivity index (χ3v) is 3.74. The number of hydrogen-bond donors (Lipinski definition) is 2. The molecule has 1 aromatic heterocycles. The lowest BCUT2D eigenvalue weighted by molar-refractivity contribution is -0.380. The van der Waals surface area contributed by atoms with Crippen molar-refractivity contribution >= 4 is 33.6 Å². The van der Waals surface area contributed by atoms with Gasteiger partial charge in [-0.2, -0.15) is 0 Å². The second-order valence-electron chi connectivity index (χ2n) is 4.11. The first-order chi connectivity index (χ1) is 10.0. The van der Waals surface area contributed by atoms with Crippen LogP contribution in [0, 0.1) is 10.1 Å². The highest BCUT2D eigenvalue weighted by Crippen LogP contribution is 2.24. The molecule has 2 N–H and O–H groups in total. The molecule has 0 unspecified atom stereocenters. The van der Waals surface area contributed by atoms with Crippen LogP contribution in [0.2, 0.25) is 0 Å². The zero-order valence-electron chi connectivity index (χ0n) is 10.9. The molecule has 0 atom stereocenters. The average molecular weight is 305 g/mol. The second kappa shape index (κ2) is 6.14. The van der Waals surface area contributed by atoms with Crippen molar-refractivity contribution in [3.63, 3.8) is 0 Å². The number of nitrogens with one attached hydrogen (secondary N) is 1. The Bertz CT molecular complexity index is 706. The molecule has 8 heteroatoms. The Balaban J connectivity index is 2.10. The maximum absolute atomic E-state index is 11.9. The molecule has 1 amide bonds. The fraction of sp³-hybridized carbons (Fsp3) is 0.0769. The molecule has 1 heterocycles. The number of benzene rings is 1. The van der Waals surface area contributed by atoms with Gasteiger partial charge in [-0.05, 0) is 30.7 Å². The van der Waals surface area contributed by atoms with Crippen molar-refractivity contribution in [2.75, 3.05) is 5.32 Å². The zero-order valence-corrected chi connectivity index (χ0v) is 11.8. The fourth-order valence-electron chi connectivity index (χ4n) is 1.59. The number of thiophene rings is 1. The second-order valence-corrected chi connectivity index (χ2v) is 5.17. The fourth-order valence-corrected chi connectivity index (χ4v) is 2.31. The molecule has 0 spiro atoms. The van der Waals surface area contributed by atoms with E-state index in [1.165, 1.54) is 12.1 Å². The van der Waals surface area contributed by atoms with Gasteiger partial charge in [0.25, 0.3) is 5.91 Å². The smallest absolute Gasteiger partial charge is 0.324 e. The van der Waals surface area contributed by atoms with Crippen LogP contribution < -0.4 is 5.32 Å². The Morgan fingerprint density at radius 2 is 1.95 bits per heavy atom. The van der Waals surface area contributed by atoms with Crippen LogP contribution >= 0.6 is 11.3 Å². The number of anilines is 1. The standard InChI is InChI=1S/C13H11N3O4S/c1-8(15-18)9-2-4-10(5-3-9)14-13(17)11-6-7-12(21-11)16(19)20/h2-7,18H,1H3,(H,14,17)/b15-8-. The first kappa shape index (κ1) is 14.7. The van der Waals surface area contributed by atoms with Crippen LogP contribution in [0.1, 0.15) is 22.2 Å². The third kappa shape index (κ3) is 3.42. The molecule has 0 saturated heterocycles. The van der Waals surface area contributed by atoms with Crippen LogP contribution in [-0.2, 0) is 0 Å². The van der Waals surface area contributed by atoms with Gasteiger partial charge in [0, 0.05) is 11.8 Å². The molecule has 0 radical (unpaired) electrons. The summed E-state index contributed by atoms with van der Waals surface area (Å²) < 4.78 is 0. The number of carbonyl (C=O) groups is 1. The molecular weight excluding hydrogens is 294 g/mol. The first-order valence-corrected chi connectivity index (χ1v) is 6.67. The highest BCUT2D eigenvalue weighted by molar-refractivity contribution is 7.17. The molecule has 2 rings (SSSR count). The lowest BCUT2D eigenvalue weighted by Crippen LogP contribution is -2.10. The maximum Gasteiger partial charge on any atom is 0.324 e. The van der Waals surface area contributed by atoms with Gasteiger partial charge in [-0.25, -0.2) is 0 Å². The number of hydrogen-bond acceptors (Lipinski definition) is 6. The van der Waals surface area contributed by atoms with E-state index in [0.29, 0.717) is 11.4 Å². The van der Waals surface area contributed by atoms with Gasteiger partial charge >= 0.3 is 5.00 Å². The van der Waals surface area contributed by atoms with Gasteiger partial charge in [0.05, 0.1) is 15.5 Å². The number of carbonyl (C=O) groups excluding carboxylic acids is 1. The maximum atomic E-state index is 11.9. The van der Waals surface area contributed by atoms with Gasteiger partial charge in [0.1, 0.15) is 0 Å². The van der Waals surface area contributed by atoms with Crippen molar-refractivity contribution in [2.24, 2.45) is 5.16 Å². The van der Waals surface area contributed by atoms with Crippen LogP contribution in [0.3, 0.4) is 0 Å². The Morgan fingerprint density at radius 3 is 2.48 bits per heavy atom. The number of oxime groups is 1. The number of nitro groups is 1. The van der Waals surface area contributed by atoms with Crippen molar-refractivity contribution < 1.29 is 14.9 Å². The van der Waals surface area contributed by atoms with E-state index in [1.54, 1.807) is 31.2 Å².